The van der Waals surface area contributed by atoms with E-state index in [1.54, 1.807) is 0 Å². The van der Waals surface area contributed by atoms with Gasteiger partial charge in [-0.1, -0.05) is 139 Å². The van der Waals surface area contributed by atoms with Crippen molar-refractivity contribution in [3.05, 3.63) is 60.8 Å². The molecule has 0 aromatic carbocycles. The van der Waals surface area contributed by atoms with Gasteiger partial charge in [-0.3, -0.25) is 9.59 Å². The number of carbonyl (C=O) groups excluding carboxylic acids is 2. The molecule has 0 rings (SSSR count). The van der Waals surface area contributed by atoms with Gasteiger partial charge in [0.1, 0.15) is 12.1 Å². The molecule has 310 valence electrons. The van der Waals surface area contributed by atoms with Crippen molar-refractivity contribution in [3.8, 4) is 0 Å². The smallest absolute Gasteiger partial charge is 0.326 e. The van der Waals surface area contributed by atoms with E-state index >= 15 is 0 Å². The standard InChI is InChI=1S/C47H82N2O5/c1-3-5-7-9-11-13-15-17-18-20-22-24-26-31-35-41-46(51)54-43(37-32-28-25-23-21-19-16-14-12-10-8-6-4-2)38-33-29-27-30-34-40-45(50)49-44(47(52)53)39-36-42-48/h5,7,11,13,17-18,22-25,43-44H,3-4,6,8-10,12,14-16,19-21,26-42,48H2,1-2H3,(H,49,50)(H,52,53)/b7-5-,13-11-,18-17-,24-22-,25-23-. The monoisotopic (exact) mass is 755 g/mol. The number of nitrogens with two attached hydrogens (primary N) is 1. The van der Waals surface area contributed by atoms with Crippen molar-refractivity contribution in [2.24, 2.45) is 5.73 Å². The lowest BCUT2D eigenvalue weighted by Gasteiger charge is -2.18. The van der Waals surface area contributed by atoms with Gasteiger partial charge in [0.15, 0.2) is 0 Å². The summed E-state index contributed by atoms with van der Waals surface area (Å²) in [6, 6.07) is -0.864. The molecule has 2 unspecified atom stereocenters. The molecule has 1 amide bonds. The fraction of sp³-hybridized carbons (Fsp3) is 0.723. The van der Waals surface area contributed by atoms with Crippen molar-refractivity contribution in [1.82, 2.24) is 5.32 Å². The van der Waals surface area contributed by atoms with Crippen LogP contribution in [0.3, 0.4) is 0 Å². The van der Waals surface area contributed by atoms with Gasteiger partial charge in [-0.25, -0.2) is 4.79 Å². The molecule has 0 aliphatic carbocycles. The lowest BCUT2D eigenvalue weighted by molar-refractivity contribution is -0.150. The van der Waals surface area contributed by atoms with E-state index in [4.69, 9.17) is 10.5 Å². The van der Waals surface area contributed by atoms with Gasteiger partial charge in [0.25, 0.3) is 0 Å². The predicted octanol–water partition coefficient (Wildman–Crippen LogP) is 12.6. The van der Waals surface area contributed by atoms with Crippen LogP contribution in [0.15, 0.2) is 60.8 Å². The lowest BCUT2D eigenvalue weighted by atomic mass is 10.0. The molecule has 0 saturated heterocycles. The van der Waals surface area contributed by atoms with Crippen molar-refractivity contribution in [3.63, 3.8) is 0 Å². The van der Waals surface area contributed by atoms with Crippen molar-refractivity contribution < 1.29 is 24.2 Å². The summed E-state index contributed by atoms with van der Waals surface area (Å²) in [5.41, 5.74) is 5.48. The molecule has 0 heterocycles. The van der Waals surface area contributed by atoms with Crippen LogP contribution in [0.2, 0.25) is 0 Å². The zero-order valence-electron chi connectivity index (χ0n) is 34.8. The van der Waals surface area contributed by atoms with Crippen LogP contribution in [0.5, 0.6) is 0 Å². The number of unbranched alkanes of at least 4 members (excludes halogenated alkanes) is 15. The summed E-state index contributed by atoms with van der Waals surface area (Å²) in [7, 11) is 0. The molecule has 0 fully saturated rings. The van der Waals surface area contributed by atoms with Gasteiger partial charge in [-0.05, 0) is 116 Å². The Kier molecular flexibility index (Phi) is 39.0. The van der Waals surface area contributed by atoms with E-state index in [2.05, 4.69) is 79.9 Å². The summed E-state index contributed by atoms with van der Waals surface area (Å²) < 4.78 is 6.01. The zero-order chi connectivity index (χ0) is 39.6. The number of rotatable bonds is 39. The number of nitrogens with one attached hydrogen (secondary N) is 1. The van der Waals surface area contributed by atoms with Gasteiger partial charge in [0.2, 0.25) is 5.91 Å². The molecule has 0 aromatic rings. The molecule has 2 atom stereocenters. The topological polar surface area (TPSA) is 119 Å². The normalized spacial score (nSPS) is 13.2. The number of carboxylic acids is 1. The van der Waals surface area contributed by atoms with Gasteiger partial charge in [0, 0.05) is 12.8 Å². The highest BCUT2D eigenvalue weighted by Gasteiger charge is 2.19. The zero-order valence-corrected chi connectivity index (χ0v) is 34.8. The van der Waals surface area contributed by atoms with Crippen molar-refractivity contribution in [2.75, 3.05) is 6.54 Å². The fourth-order valence-electron chi connectivity index (χ4n) is 6.27. The van der Waals surface area contributed by atoms with Crippen LogP contribution in [-0.2, 0) is 19.1 Å². The highest BCUT2D eigenvalue weighted by molar-refractivity contribution is 5.83. The molecule has 0 spiro atoms. The second-order valence-electron chi connectivity index (χ2n) is 14.7. The van der Waals surface area contributed by atoms with Gasteiger partial charge >= 0.3 is 11.9 Å². The molecular weight excluding hydrogens is 673 g/mol. The van der Waals surface area contributed by atoms with E-state index < -0.39 is 12.0 Å². The maximum atomic E-state index is 12.8. The summed E-state index contributed by atoms with van der Waals surface area (Å²) in [5, 5.41) is 11.9. The molecule has 0 aliphatic heterocycles. The molecular formula is C47H82N2O5. The Morgan fingerprint density at radius 3 is 1.65 bits per heavy atom. The first-order valence-electron chi connectivity index (χ1n) is 22.1. The first kappa shape index (κ1) is 51.1. The first-order valence-corrected chi connectivity index (χ1v) is 22.1. The van der Waals surface area contributed by atoms with Crippen molar-refractivity contribution >= 4 is 17.8 Å². The second kappa shape index (κ2) is 41.2. The number of esters is 1. The average molecular weight is 755 g/mol. The second-order valence-corrected chi connectivity index (χ2v) is 14.7. The van der Waals surface area contributed by atoms with Crippen LogP contribution in [-0.4, -0.2) is 41.6 Å². The molecule has 0 radical (unpaired) electrons. The van der Waals surface area contributed by atoms with E-state index in [-0.39, 0.29) is 18.0 Å². The SMILES string of the molecule is CC/C=C\C/C=C\C/C=C\C/C=C\CCCCC(=O)OC(CCC/C=C\CCCCCCCCCC)CCCCCCCC(=O)NC(CCCN)C(=O)O. The van der Waals surface area contributed by atoms with E-state index in [0.717, 1.165) is 109 Å². The third-order valence-corrected chi connectivity index (χ3v) is 9.57. The fourth-order valence-corrected chi connectivity index (χ4v) is 6.27. The van der Waals surface area contributed by atoms with E-state index in [1.165, 1.54) is 51.4 Å². The number of carboxylic acid groups (broad SMARTS) is 1. The minimum Gasteiger partial charge on any atom is -0.480 e. The minimum absolute atomic E-state index is 0.0415. The molecule has 0 aliphatic rings. The molecule has 4 N–H and O–H groups in total. The molecule has 7 nitrogen and oxygen atoms in total. The van der Waals surface area contributed by atoms with E-state index in [1.807, 2.05) is 0 Å². The number of allylic oxidation sites excluding steroid dienone is 10. The summed E-state index contributed by atoms with van der Waals surface area (Å²) in [4.78, 5) is 36.4. The summed E-state index contributed by atoms with van der Waals surface area (Å²) >= 11 is 0. The van der Waals surface area contributed by atoms with Crippen LogP contribution >= 0.6 is 0 Å². The van der Waals surface area contributed by atoms with Crippen molar-refractivity contribution in [2.45, 2.75) is 212 Å². The quantitative estimate of drug-likeness (QED) is 0.0327. The van der Waals surface area contributed by atoms with Crippen LogP contribution in [0.25, 0.3) is 0 Å². The average Bonchev–Trinajstić information content (AvgIpc) is 3.16. The molecule has 0 aromatic heterocycles. The van der Waals surface area contributed by atoms with Crippen molar-refractivity contribution in [1.29, 1.82) is 0 Å². The Bertz CT molecular complexity index is 1030. The number of hydrogen-bond acceptors (Lipinski definition) is 5. The van der Waals surface area contributed by atoms with Gasteiger partial charge in [-0.2, -0.15) is 0 Å². The highest BCUT2D eigenvalue weighted by atomic mass is 16.5. The van der Waals surface area contributed by atoms with E-state index in [9.17, 15) is 19.5 Å². The first-order chi connectivity index (χ1) is 26.4. The maximum Gasteiger partial charge on any atom is 0.326 e. The number of amides is 1. The van der Waals surface area contributed by atoms with Gasteiger partial charge in [-0.15, -0.1) is 0 Å². The Balaban J connectivity index is 4.46. The van der Waals surface area contributed by atoms with Crippen LogP contribution in [0, 0.1) is 0 Å². The summed E-state index contributed by atoms with van der Waals surface area (Å²) in [5.74, 6) is -1.30. The largest absolute Gasteiger partial charge is 0.480 e. The van der Waals surface area contributed by atoms with Crippen LogP contribution in [0.1, 0.15) is 200 Å². The van der Waals surface area contributed by atoms with E-state index in [0.29, 0.717) is 32.2 Å². The van der Waals surface area contributed by atoms with Gasteiger partial charge < -0.3 is 20.9 Å². The number of ether oxygens (including phenoxy) is 1. The summed E-state index contributed by atoms with van der Waals surface area (Å²) in [6.45, 7) is 4.82. The minimum atomic E-state index is -1.01. The Morgan fingerprint density at radius 2 is 1.04 bits per heavy atom. The molecule has 7 heteroatoms. The third-order valence-electron chi connectivity index (χ3n) is 9.57. The molecule has 54 heavy (non-hydrogen) atoms. The highest BCUT2D eigenvalue weighted by Crippen LogP contribution is 2.18. The van der Waals surface area contributed by atoms with Gasteiger partial charge in [0.05, 0.1) is 0 Å². The number of carbonyl (C=O) groups is 3. The lowest BCUT2D eigenvalue weighted by Crippen LogP contribution is -2.40. The third kappa shape index (κ3) is 37.4. The maximum absolute atomic E-state index is 12.8. The van der Waals surface area contributed by atoms with Crippen LogP contribution in [0.4, 0.5) is 0 Å². The Hall–Kier alpha value is -2.93. The summed E-state index contributed by atoms with van der Waals surface area (Å²) in [6.07, 6.45) is 51.2. The number of hydrogen-bond donors (Lipinski definition) is 3. The molecule has 0 bridgehead atoms. The van der Waals surface area contributed by atoms with Crippen LogP contribution < -0.4 is 11.1 Å². The number of aliphatic carboxylic acids is 1. The Morgan fingerprint density at radius 1 is 0.556 bits per heavy atom. The Labute approximate surface area is 331 Å². The predicted molar refractivity (Wildman–Crippen MR) is 229 cm³/mol. The molecule has 0 saturated carbocycles.